The van der Waals surface area contributed by atoms with Crippen molar-refractivity contribution in [1.29, 1.82) is 0 Å². The molecule has 0 aliphatic heterocycles. The lowest BCUT2D eigenvalue weighted by Gasteiger charge is -2.02. The third-order valence-corrected chi connectivity index (χ3v) is 2.81. The first-order chi connectivity index (χ1) is 7.74. The minimum absolute atomic E-state index is 0.613. The van der Waals surface area contributed by atoms with Gasteiger partial charge in [0.1, 0.15) is 0 Å². The lowest BCUT2D eigenvalue weighted by atomic mass is 10.1. The highest BCUT2D eigenvalue weighted by Gasteiger charge is 2.08. The van der Waals surface area contributed by atoms with E-state index < -0.39 is 0 Å². The highest BCUT2D eigenvalue weighted by Crippen LogP contribution is 2.25. The average Bonchev–Trinajstić information content (AvgIpc) is 2.73. The molecule has 0 bridgehead atoms. The van der Waals surface area contributed by atoms with E-state index in [0.717, 1.165) is 29.5 Å². The summed E-state index contributed by atoms with van der Waals surface area (Å²) in [4.78, 5) is 13.8. The number of hydrogen-bond acceptors (Lipinski definition) is 1. The number of carbonyl (C=O) groups is 1. The minimum atomic E-state index is 0.613. The first kappa shape index (κ1) is 11.0. The van der Waals surface area contributed by atoms with Crippen LogP contribution in [-0.2, 0) is 6.42 Å². The van der Waals surface area contributed by atoms with Crippen molar-refractivity contribution in [2.45, 2.75) is 13.3 Å². The fourth-order valence-electron chi connectivity index (χ4n) is 1.74. The molecule has 1 heterocycles. The standard InChI is InChI=1S/C13H12ClNO/c1-2-9-7-12(8-16)15-13(9)10-3-5-11(14)6-4-10/h3-8,15H,2H2,1H3. The number of hydrogen-bond donors (Lipinski definition) is 1. The van der Waals surface area contributed by atoms with Crippen molar-refractivity contribution < 1.29 is 4.79 Å². The summed E-state index contributed by atoms with van der Waals surface area (Å²) in [6.45, 7) is 2.07. The highest BCUT2D eigenvalue weighted by molar-refractivity contribution is 6.30. The maximum atomic E-state index is 10.7. The molecule has 0 unspecified atom stereocenters. The van der Waals surface area contributed by atoms with Gasteiger partial charge in [0.2, 0.25) is 0 Å². The van der Waals surface area contributed by atoms with E-state index in [1.54, 1.807) is 0 Å². The number of aldehydes is 1. The Labute approximate surface area is 99.3 Å². The summed E-state index contributed by atoms with van der Waals surface area (Å²) in [5.74, 6) is 0. The van der Waals surface area contributed by atoms with Crippen LogP contribution in [0.1, 0.15) is 23.0 Å². The van der Waals surface area contributed by atoms with Crippen LogP contribution in [0.2, 0.25) is 5.02 Å². The van der Waals surface area contributed by atoms with E-state index in [1.807, 2.05) is 30.3 Å². The first-order valence-electron chi connectivity index (χ1n) is 5.17. The van der Waals surface area contributed by atoms with Gasteiger partial charge in [-0.15, -0.1) is 0 Å². The number of carbonyl (C=O) groups excluding carboxylic acids is 1. The maximum absolute atomic E-state index is 10.7. The normalized spacial score (nSPS) is 10.4. The third kappa shape index (κ3) is 2.02. The molecule has 1 N–H and O–H groups in total. The Hall–Kier alpha value is -1.54. The molecule has 2 aromatic rings. The van der Waals surface area contributed by atoms with E-state index >= 15 is 0 Å². The van der Waals surface area contributed by atoms with Crippen LogP contribution in [0.4, 0.5) is 0 Å². The SMILES string of the molecule is CCc1cc(C=O)[nH]c1-c1ccc(Cl)cc1. The summed E-state index contributed by atoms with van der Waals surface area (Å²) in [5.41, 5.74) is 3.81. The maximum Gasteiger partial charge on any atom is 0.166 e. The molecule has 0 amide bonds. The van der Waals surface area contributed by atoms with Crippen molar-refractivity contribution in [3.05, 3.63) is 46.6 Å². The summed E-state index contributed by atoms with van der Waals surface area (Å²) in [7, 11) is 0. The largest absolute Gasteiger partial charge is 0.352 e. The number of aromatic amines is 1. The molecule has 82 valence electrons. The number of aryl methyl sites for hydroxylation is 1. The molecule has 2 rings (SSSR count). The number of halogens is 1. The van der Waals surface area contributed by atoms with Crippen LogP contribution in [-0.4, -0.2) is 11.3 Å². The Balaban J connectivity index is 2.49. The molecule has 0 atom stereocenters. The Morgan fingerprint density at radius 2 is 2.00 bits per heavy atom. The van der Waals surface area contributed by atoms with Gasteiger partial charge in [0.25, 0.3) is 0 Å². The monoisotopic (exact) mass is 233 g/mol. The molecule has 0 saturated heterocycles. The Kier molecular flexibility index (Phi) is 3.11. The van der Waals surface area contributed by atoms with E-state index in [9.17, 15) is 4.79 Å². The van der Waals surface area contributed by atoms with Gasteiger partial charge in [0, 0.05) is 10.7 Å². The number of H-pyrrole nitrogens is 1. The Morgan fingerprint density at radius 3 is 2.56 bits per heavy atom. The minimum Gasteiger partial charge on any atom is -0.352 e. The summed E-state index contributed by atoms with van der Waals surface area (Å²) < 4.78 is 0. The Bertz CT molecular complexity index is 499. The molecule has 16 heavy (non-hydrogen) atoms. The van der Waals surface area contributed by atoms with Crippen molar-refractivity contribution in [2.24, 2.45) is 0 Å². The highest BCUT2D eigenvalue weighted by atomic mass is 35.5. The van der Waals surface area contributed by atoms with Gasteiger partial charge < -0.3 is 4.98 Å². The van der Waals surface area contributed by atoms with Crippen LogP contribution in [0.3, 0.4) is 0 Å². The second kappa shape index (κ2) is 4.54. The van der Waals surface area contributed by atoms with Crippen molar-refractivity contribution in [1.82, 2.24) is 4.98 Å². The van der Waals surface area contributed by atoms with Gasteiger partial charge in [-0.3, -0.25) is 4.79 Å². The smallest absolute Gasteiger partial charge is 0.166 e. The fraction of sp³-hybridized carbons (Fsp3) is 0.154. The number of benzene rings is 1. The number of rotatable bonds is 3. The number of nitrogens with one attached hydrogen (secondary N) is 1. The second-order valence-electron chi connectivity index (χ2n) is 3.60. The first-order valence-corrected chi connectivity index (χ1v) is 5.55. The van der Waals surface area contributed by atoms with Crippen LogP contribution in [0.5, 0.6) is 0 Å². The summed E-state index contributed by atoms with van der Waals surface area (Å²) >= 11 is 5.84. The van der Waals surface area contributed by atoms with E-state index in [4.69, 9.17) is 11.6 Å². The van der Waals surface area contributed by atoms with Gasteiger partial charge in [-0.25, -0.2) is 0 Å². The topological polar surface area (TPSA) is 32.9 Å². The zero-order valence-electron chi connectivity index (χ0n) is 8.96. The van der Waals surface area contributed by atoms with Crippen LogP contribution >= 0.6 is 11.6 Å². The lowest BCUT2D eigenvalue weighted by molar-refractivity contribution is 0.111. The molecule has 3 heteroatoms. The second-order valence-corrected chi connectivity index (χ2v) is 4.04. The molecule has 2 nitrogen and oxygen atoms in total. The van der Waals surface area contributed by atoms with Gasteiger partial charge >= 0.3 is 0 Å². The van der Waals surface area contributed by atoms with Gasteiger partial charge in [0.05, 0.1) is 5.69 Å². The van der Waals surface area contributed by atoms with Crippen LogP contribution in [0.25, 0.3) is 11.3 Å². The molecule has 0 aliphatic rings. The van der Waals surface area contributed by atoms with E-state index in [1.165, 1.54) is 0 Å². The van der Waals surface area contributed by atoms with E-state index in [2.05, 4.69) is 11.9 Å². The zero-order valence-corrected chi connectivity index (χ0v) is 9.71. The quantitative estimate of drug-likeness (QED) is 0.806. The molecule has 1 aromatic heterocycles. The van der Waals surface area contributed by atoms with Crippen LogP contribution < -0.4 is 0 Å². The third-order valence-electron chi connectivity index (χ3n) is 2.56. The van der Waals surface area contributed by atoms with Crippen molar-refractivity contribution in [3.8, 4) is 11.3 Å². The molecule has 0 aliphatic carbocycles. The average molecular weight is 234 g/mol. The fourth-order valence-corrected chi connectivity index (χ4v) is 1.86. The van der Waals surface area contributed by atoms with Crippen molar-refractivity contribution >= 4 is 17.9 Å². The lowest BCUT2D eigenvalue weighted by Crippen LogP contribution is -1.84. The Morgan fingerprint density at radius 1 is 1.31 bits per heavy atom. The zero-order chi connectivity index (χ0) is 11.5. The molecule has 1 aromatic carbocycles. The van der Waals surface area contributed by atoms with Crippen LogP contribution in [0.15, 0.2) is 30.3 Å². The summed E-state index contributed by atoms with van der Waals surface area (Å²) in [6, 6.07) is 9.47. The molecular formula is C13H12ClNO. The van der Waals surface area contributed by atoms with Gasteiger partial charge in [-0.2, -0.15) is 0 Å². The summed E-state index contributed by atoms with van der Waals surface area (Å²) in [5, 5.41) is 0.712. The van der Waals surface area contributed by atoms with Gasteiger partial charge in [-0.1, -0.05) is 30.7 Å². The molecule has 0 fully saturated rings. The predicted octanol–water partition coefficient (Wildman–Crippen LogP) is 3.71. The molecule has 0 saturated carbocycles. The van der Waals surface area contributed by atoms with Crippen molar-refractivity contribution in [3.63, 3.8) is 0 Å². The van der Waals surface area contributed by atoms with Gasteiger partial charge in [-0.05, 0) is 35.7 Å². The molecular weight excluding hydrogens is 222 g/mol. The predicted molar refractivity (Wildman–Crippen MR) is 66.0 cm³/mol. The van der Waals surface area contributed by atoms with Crippen molar-refractivity contribution in [2.75, 3.05) is 0 Å². The summed E-state index contributed by atoms with van der Waals surface area (Å²) in [6.07, 6.45) is 1.72. The van der Waals surface area contributed by atoms with Gasteiger partial charge in [0.15, 0.2) is 6.29 Å². The molecule has 0 radical (unpaired) electrons. The number of aromatic nitrogens is 1. The van der Waals surface area contributed by atoms with Crippen LogP contribution in [0, 0.1) is 0 Å². The van der Waals surface area contributed by atoms with E-state index in [0.29, 0.717) is 10.7 Å². The molecule has 0 spiro atoms. The van der Waals surface area contributed by atoms with E-state index in [-0.39, 0.29) is 0 Å².